The van der Waals surface area contributed by atoms with Crippen molar-refractivity contribution >= 4 is 41.7 Å². The summed E-state index contributed by atoms with van der Waals surface area (Å²) in [4.78, 5) is 17.8. The van der Waals surface area contributed by atoms with Crippen molar-refractivity contribution < 1.29 is 18.3 Å². The molecule has 1 unspecified atom stereocenters. The molecule has 1 aromatic carbocycles. The summed E-state index contributed by atoms with van der Waals surface area (Å²) < 4.78 is 33.2. The van der Waals surface area contributed by atoms with Gasteiger partial charge < -0.3 is 25.6 Å². The number of para-hydroxylation sites is 1. The second-order valence-electron chi connectivity index (χ2n) is 7.84. The Morgan fingerprint density at radius 1 is 1.27 bits per heavy atom. The Labute approximate surface area is 194 Å². The number of guanidine groups is 1. The van der Waals surface area contributed by atoms with Crippen LogP contribution in [0.4, 0.5) is 19.3 Å². The van der Waals surface area contributed by atoms with Crippen LogP contribution in [0.1, 0.15) is 34.1 Å². The number of alkyl carbamates (subject to hydrolysis) is 1. The number of hydrogen-bond donors (Lipinski definition) is 3. The Morgan fingerprint density at radius 3 is 2.53 bits per heavy atom. The summed E-state index contributed by atoms with van der Waals surface area (Å²) in [7, 11) is 0. The Bertz CT molecular complexity index is 707. The maximum absolute atomic E-state index is 14.0. The minimum atomic E-state index is -0.556. The van der Waals surface area contributed by atoms with Crippen LogP contribution in [-0.2, 0) is 4.74 Å². The van der Waals surface area contributed by atoms with E-state index in [1.54, 1.807) is 25.7 Å². The van der Waals surface area contributed by atoms with Gasteiger partial charge >= 0.3 is 6.09 Å². The SMILES string of the molecule is CCNC(=NCCNC(=O)OC(C)(C)C)NC1CCN(c2c(F)cccc2F)C1.I. The number of nitrogens with zero attached hydrogens (tertiary/aromatic N) is 2. The van der Waals surface area contributed by atoms with Crippen LogP contribution in [0.5, 0.6) is 0 Å². The Kier molecular flexibility index (Phi) is 10.6. The maximum atomic E-state index is 14.0. The number of halogens is 3. The van der Waals surface area contributed by atoms with Gasteiger partial charge in [-0.25, -0.2) is 13.6 Å². The lowest BCUT2D eigenvalue weighted by Gasteiger charge is -2.21. The lowest BCUT2D eigenvalue weighted by atomic mass is 10.2. The minimum absolute atomic E-state index is 0. The molecule has 0 aliphatic carbocycles. The van der Waals surface area contributed by atoms with Crippen molar-refractivity contribution in [3.8, 4) is 0 Å². The van der Waals surface area contributed by atoms with E-state index in [4.69, 9.17) is 4.74 Å². The Balaban J connectivity index is 0.00000450. The third-order valence-corrected chi connectivity index (χ3v) is 4.18. The number of ether oxygens (including phenoxy) is 1. The van der Waals surface area contributed by atoms with Crippen LogP contribution in [0, 0.1) is 11.6 Å². The van der Waals surface area contributed by atoms with Gasteiger partial charge in [0.15, 0.2) is 5.96 Å². The quantitative estimate of drug-likeness (QED) is 0.224. The summed E-state index contributed by atoms with van der Waals surface area (Å²) in [5.74, 6) is -0.516. The van der Waals surface area contributed by atoms with Crippen molar-refractivity contribution in [2.75, 3.05) is 37.6 Å². The summed E-state index contributed by atoms with van der Waals surface area (Å²) in [5, 5.41) is 9.09. The normalized spacial score (nSPS) is 16.7. The summed E-state index contributed by atoms with van der Waals surface area (Å²) in [6, 6.07) is 3.90. The molecule has 170 valence electrons. The molecule has 0 saturated carbocycles. The van der Waals surface area contributed by atoms with Crippen molar-refractivity contribution in [1.29, 1.82) is 0 Å². The van der Waals surface area contributed by atoms with Crippen LogP contribution in [-0.4, -0.2) is 56.4 Å². The number of benzene rings is 1. The van der Waals surface area contributed by atoms with Gasteiger partial charge in [0.1, 0.15) is 22.9 Å². The molecule has 1 aliphatic heterocycles. The molecule has 0 radical (unpaired) electrons. The zero-order valence-electron chi connectivity index (χ0n) is 17.9. The molecule has 3 N–H and O–H groups in total. The molecule has 0 aromatic heterocycles. The van der Waals surface area contributed by atoms with Crippen LogP contribution in [0.25, 0.3) is 0 Å². The third kappa shape index (κ3) is 8.49. The summed E-state index contributed by atoms with van der Waals surface area (Å²) >= 11 is 0. The first kappa shape index (κ1) is 26.2. The molecule has 1 heterocycles. The molecule has 0 bridgehead atoms. The highest BCUT2D eigenvalue weighted by atomic mass is 127. The van der Waals surface area contributed by atoms with Crippen LogP contribution in [0.2, 0.25) is 0 Å². The van der Waals surface area contributed by atoms with Gasteiger partial charge in [-0.2, -0.15) is 0 Å². The van der Waals surface area contributed by atoms with Crippen LogP contribution in [0.15, 0.2) is 23.2 Å². The molecule has 1 fully saturated rings. The molecule has 1 aromatic rings. The first-order chi connectivity index (χ1) is 13.7. The molecule has 2 rings (SSSR count). The molecule has 7 nitrogen and oxygen atoms in total. The number of carbonyl (C=O) groups is 1. The van der Waals surface area contributed by atoms with Gasteiger partial charge in [-0.3, -0.25) is 4.99 Å². The van der Waals surface area contributed by atoms with E-state index in [1.807, 2.05) is 6.92 Å². The smallest absolute Gasteiger partial charge is 0.407 e. The van der Waals surface area contributed by atoms with Gasteiger partial charge in [0.05, 0.1) is 6.54 Å². The second-order valence-corrected chi connectivity index (χ2v) is 7.84. The average Bonchev–Trinajstić information content (AvgIpc) is 3.05. The van der Waals surface area contributed by atoms with Crippen molar-refractivity contribution in [2.24, 2.45) is 4.99 Å². The van der Waals surface area contributed by atoms with Crippen LogP contribution < -0.4 is 20.9 Å². The number of anilines is 1. The topological polar surface area (TPSA) is 78.0 Å². The fourth-order valence-corrected chi connectivity index (χ4v) is 3.03. The summed E-state index contributed by atoms with van der Waals surface area (Å²) in [6.45, 7) is 9.75. The molecule has 1 amide bonds. The number of hydrogen-bond acceptors (Lipinski definition) is 4. The van der Waals surface area contributed by atoms with Crippen LogP contribution in [0.3, 0.4) is 0 Å². The van der Waals surface area contributed by atoms with E-state index in [9.17, 15) is 13.6 Å². The van der Waals surface area contributed by atoms with Crippen molar-refractivity contribution in [3.05, 3.63) is 29.8 Å². The number of rotatable bonds is 6. The monoisotopic (exact) mass is 539 g/mol. The zero-order chi connectivity index (χ0) is 21.4. The van der Waals surface area contributed by atoms with E-state index in [2.05, 4.69) is 20.9 Å². The largest absolute Gasteiger partial charge is 0.444 e. The van der Waals surface area contributed by atoms with E-state index in [0.717, 1.165) is 6.42 Å². The van der Waals surface area contributed by atoms with Gasteiger partial charge in [0.25, 0.3) is 0 Å². The maximum Gasteiger partial charge on any atom is 0.407 e. The number of carbonyl (C=O) groups excluding carboxylic acids is 1. The fraction of sp³-hybridized carbons (Fsp3) is 0.600. The third-order valence-electron chi connectivity index (χ3n) is 4.18. The van der Waals surface area contributed by atoms with E-state index in [1.165, 1.54) is 18.2 Å². The summed E-state index contributed by atoms with van der Waals surface area (Å²) in [6.07, 6.45) is 0.248. The molecule has 1 saturated heterocycles. The molecule has 1 atom stereocenters. The van der Waals surface area contributed by atoms with E-state index < -0.39 is 23.3 Å². The zero-order valence-corrected chi connectivity index (χ0v) is 20.3. The van der Waals surface area contributed by atoms with Crippen molar-refractivity contribution in [3.63, 3.8) is 0 Å². The van der Waals surface area contributed by atoms with E-state index >= 15 is 0 Å². The number of amides is 1. The highest BCUT2D eigenvalue weighted by Crippen LogP contribution is 2.26. The van der Waals surface area contributed by atoms with Gasteiger partial charge in [-0.05, 0) is 46.2 Å². The highest BCUT2D eigenvalue weighted by Gasteiger charge is 2.27. The standard InChI is InChI=1S/C20H31F2N5O2.HI/c1-5-23-18(24-10-11-25-19(28)29-20(2,3)4)26-14-9-12-27(13-14)17-15(21)7-6-8-16(17)22;/h6-8,14H,5,9-13H2,1-4H3,(H,25,28)(H2,23,24,26);1H. The first-order valence-corrected chi connectivity index (χ1v) is 9.90. The molecular formula is C20H32F2IN5O2. The average molecular weight is 539 g/mol. The molecule has 30 heavy (non-hydrogen) atoms. The molecular weight excluding hydrogens is 507 g/mol. The number of aliphatic imine (C=N–C) groups is 1. The summed E-state index contributed by atoms with van der Waals surface area (Å²) in [5.41, 5.74) is -0.532. The second kappa shape index (κ2) is 12.1. The highest BCUT2D eigenvalue weighted by molar-refractivity contribution is 14.0. The van der Waals surface area contributed by atoms with Gasteiger partial charge in [-0.1, -0.05) is 6.07 Å². The first-order valence-electron chi connectivity index (χ1n) is 9.90. The predicted molar refractivity (Wildman–Crippen MR) is 126 cm³/mol. The Hall–Kier alpha value is -1.85. The van der Waals surface area contributed by atoms with Gasteiger partial charge in [0.2, 0.25) is 0 Å². The van der Waals surface area contributed by atoms with Crippen molar-refractivity contribution in [1.82, 2.24) is 16.0 Å². The molecule has 0 spiro atoms. The fourth-order valence-electron chi connectivity index (χ4n) is 3.03. The Morgan fingerprint density at radius 2 is 1.93 bits per heavy atom. The van der Waals surface area contributed by atoms with Crippen LogP contribution >= 0.6 is 24.0 Å². The van der Waals surface area contributed by atoms with Gasteiger partial charge in [0, 0.05) is 32.2 Å². The lowest BCUT2D eigenvalue weighted by Crippen LogP contribution is -2.45. The van der Waals surface area contributed by atoms with Crippen molar-refractivity contribution in [2.45, 2.75) is 45.8 Å². The minimum Gasteiger partial charge on any atom is -0.444 e. The predicted octanol–water partition coefficient (Wildman–Crippen LogP) is 3.24. The molecule has 1 aliphatic rings. The van der Waals surface area contributed by atoms with Gasteiger partial charge in [-0.15, -0.1) is 24.0 Å². The molecule has 10 heteroatoms. The van der Waals surface area contributed by atoms with E-state index in [0.29, 0.717) is 38.7 Å². The van der Waals surface area contributed by atoms with E-state index in [-0.39, 0.29) is 35.7 Å². The number of nitrogens with one attached hydrogen (secondary N) is 3. The lowest BCUT2D eigenvalue weighted by molar-refractivity contribution is 0.0529.